The number of carbonyl (C=O) groups excluding carboxylic acids is 2. The number of rotatable bonds is 6. The van der Waals surface area contributed by atoms with Gasteiger partial charge < -0.3 is 9.64 Å². The van der Waals surface area contributed by atoms with Crippen LogP contribution in [0.4, 0.5) is 0 Å². The van der Waals surface area contributed by atoms with Gasteiger partial charge >= 0.3 is 5.97 Å². The number of benzene rings is 1. The molecule has 1 aromatic rings. The Morgan fingerprint density at radius 1 is 1.16 bits per heavy atom. The normalized spacial score (nSPS) is 20.4. The molecule has 2 atom stereocenters. The maximum Gasteiger partial charge on any atom is 0.329 e. The third-order valence-electron chi connectivity index (χ3n) is 4.13. The number of aryl methyl sites for hydroxylation is 1. The lowest BCUT2D eigenvalue weighted by atomic mass is 10.1. The average Bonchev–Trinajstić information content (AvgIpc) is 2.95. The fraction of sp³-hybridized carbons (Fsp3) is 0.600. The number of carbonyl (C=O) groups is 2. The maximum absolute atomic E-state index is 13.1. The summed E-state index contributed by atoms with van der Waals surface area (Å²) >= 11 is 1.68. The summed E-state index contributed by atoms with van der Waals surface area (Å²) in [6, 6.07) is 7.04. The zero-order valence-corrected chi connectivity index (χ0v) is 16.6. The molecule has 0 unspecified atom stereocenters. The largest absolute Gasteiger partial charge is 0.464 e. The lowest BCUT2D eigenvalue weighted by molar-refractivity contribution is -0.149. The molecule has 1 saturated heterocycles. The molecule has 4 nitrogen and oxygen atoms in total. The number of esters is 1. The van der Waals surface area contributed by atoms with Gasteiger partial charge in [-0.05, 0) is 37.3 Å². The van der Waals surface area contributed by atoms with Crippen LogP contribution in [0, 0.1) is 18.8 Å². The summed E-state index contributed by atoms with van der Waals surface area (Å²) in [5.74, 6) is 0.975. The zero-order chi connectivity index (χ0) is 18.6. The van der Waals surface area contributed by atoms with Crippen LogP contribution in [-0.2, 0) is 9.53 Å². The van der Waals surface area contributed by atoms with Crippen LogP contribution >= 0.6 is 11.8 Å². The first-order valence-electron chi connectivity index (χ1n) is 8.97. The highest BCUT2D eigenvalue weighted by Crippen LogP contribution is 2.35. The smallest absolute Gasteiger partial charge is 0.329 e. The summed E-state index contributed by atoms with van der Waals surface area (Å²) in [6.45, 7) is 10.7. The van der Waals surface area contributed by atoms with Crippen LogP contribution in [-0.4, -0.2) is 40.6 Å². The van der Waals surface area contributed by atoms with Crippen LogP contribution in [0.25, 0.3) is 0 Å². The minimum atomic E-state index is -0.499. The summed E-state index contributed by atoms with van der Waals surface area (Å²) in [5, 5.41) is 0.0189. The highest BCUT2D eigenvalue weighted by molar-refractivity contribution is 8.00. The summed E-state index contributed by atoms with van der Waals surface area (Å²) in [7, 11) is 0. The second kappa shape index (κ2) is 8.75. The predicted molar refractivity (Wildman–Crippen MR) is 103 cm³/mol. The third kappa shape index (κ3) is 5.24. The molecule has 0 radical (unpaired) electrons. The second-order valence-corrected chi connectivity index (χ2v) is 8.75. The third-order valence-corrected chi connectivity index (χ3v) is 5.44. The number of thioether (sulfide) groups is 1. The number of ether oxygens (including phenoxy) is 1. The predicted octanol–water partition coefficient (Wildman–Crippen LogP) is 4.12. The molecule has 1 aromatic carbocycles. The van der Waals surface area contributed by atoms with Gasteiger partial charge in [0.15, 0.2) is 0 Å². The van der Waals surface area contributed by atoms with E-state index in [0.717, 1.165) is 12.0 Å². The minimum absolute atomic E-state index is 0.0189. The SMILES string of the molecule is Cc1ccc(C(=O)N2[C@H](CC(C)C)SC[C@H]2C(=O)OCC(C)C)cc1. The van der Waals surface area contributed by atoms with E-state index in [1.165, 1.54) is 0 Å². The standard InChI is InChI=1S/C20H29NO3S/c1-13(2)10-18-21(19(22)16-8-6-15(5)7-9-16)17(12-25-18)20(23)24-11-14(3)4/h6-9,13-14,17-18H,10-12H2,1-5H3/t17-,18-/m0/s1. The van der Waals surface area contributed by atoms with Crippen LogP contribution in [0.3, 0.4) is 0 Å². The van der Waals surface area contributed by atoms with Crippen molar-refractivity contribution in [3.63, 3.8) is 0 Å². The van der Waals surface area contributed by atoms with Gasteiger partial charge in [-0.1, -0.05) is 45.4 Å². The van der Waals surface area contributed by atoms with Crippen LogP contribution in [0.15, 0.2) is 24.3 Å². The Hall–Kier alpha value is -1.49. The molecule has 1 aliphatic rings. The Bertz CT molecular complexity index is 597. The Labute approximate surface area is 155 Å². The van der Waals surface area contributed by atoms with Crippen molar-refractivity contribution in [2.24, 2.45) is 11.8 Å². The van der Waals surface area contributed by atoms with Crippen molar-refractivity contribution in [2.45, 2.75) is 52.5 Å². The number of hydrogen-bond donors (Lipinski definition) is 0. The van der Waals surface area contributed by atoms with E-state index < -0.39 is 6.04 Å². The van der Waals surface area contributed by atoms with Crippen molar-refractivity contribution in [2.75, 3.05) is 12.4 Å². The summed E-state index contributed by atoms with van der Waals surface area (Å²) in [6.07, 6.45) is 0.871. The number of nitrogens with zero attached hydrogens (tertiary/aromatic N) is 1. The molecule has 1 heterocycles. The molecular formula is C20H29NO3S. The fourth-order valence-corrected chi connectivity index (χ4v) is 4.42. The molecule has 0 spiro atoms. The van der Waals surface area contributed by atoms with Crippen LogP contribution < -0.4 is 0 Å². The maximum atomic E-state index is 13.1. The van der Waals surface area contributed by atoms with Crippen molar-refractivity contribution in [3.05, 3.63) is 35.4 Å². The Morgan fingerprint density at radius 3 is 2.36 bits per heavy atom. The van der Waals surface area contributed by atoms with Gasteiger partial charge in [0.25, 0.3) is 5.91 Å². The lowest BCUT2D eigenvalue weighted by Gasteiger charge is -2.29. The molecule has 0 N–H and O–H groups in total. The van der Waals surface area contributed by atoms with E-state index in [1.807, 2.05) is 45.0 Å². The molecule has 0 bridgehead atoms. The van der Waals surface area contributed by atoms with E-state index >= 15 is 0 Å². The summed E-state index contributed by atoms with van der Waals surface area (Å²) < 4.78 is 5.43. The average molecular weight is 364 g/mol. The summed E-state index contributed by atoms with van der Waals surface area (Å²) in [4.78, 5) is 27.4. The highest BCUT2D eigenvalue weighted by Gasteiger charge is 2.42. The minimum Gasteiger partial charge on any atom is -0.464 e. The molecule has 25 heavy (non-hydrogen) atoms. The first-order valence-corrected chi connectivity index (χ1v) is 10.0. The molecule has 1 aliphatic heterocycles. The van der Waals surface area contributed by atoms with E-state index in [4.69, 9.17) is 4.74 Å². The molecule has 0 saturated carbocycles. The Balaban J connectivity index is 2.22. The fourth-order valence-electron chi connectivity index (χ4n) is 2.79. The molecule has 1 amide bonds. The van der Waals surface area contributed by atoms with Crippen molar-refractivity contribution < 1.29 is 14.3 Å². The molecule has 138 valence electrons. The van der Waals surface area contributed by atoms with Crippen molar-refractivity contribution in [1.29, 1.82) is 0 Å². The highest BCUT2D eigenvalue weighted by atomic mass is 32.2. The van der Waals surface area contributed by atoms with E-state index in [0.29, 0.717) is 23.8 Å². The molecule has 0 aliphatic carbocycles. The monoisotopic (exact) mass is 363 g/mol. The van der Waals surface area contributed by atoms with E-state index in [2.05, 4.69) is 13.8 Å². The van der Waals surface area contributed by atoms with Crippen LogP contribution in [0.2, 0.25) is 0 Å². The Kier molecular flexibility index (Phi) is 6.94. The van der Waals surface area contributed by atoms with Crippen molar-refractivity contribution >= 4 is 23.6 Å². The first-order chi connectivity index (χ1) is 11.8. The first kappa shape index (κ1) is 19.8. The number of hydrogen-bond acceptors (Lipinski definition) is 4. The van der Waals surface area contributed by atoms with Gasteiger partial charge in [0.2, 0.25) is 0 Å². The van der Waals surface area contributed by atoms with E-state index in [9.17, 15) is 9.59 Å². The van der Waals surface area contributed by atoms with Gasteiger partial charge in [-0.3, -0.25) is 4.79 Å². The molecule has 1 fully saturated rings. The molecule has 2 rings (SSSR count). The summed E-state index contributed by atoms with van der Waals surface area (Å²) in [5.41, 5.74) is 1.74. The van der Waals surface area contributed by atoms with Gasteiger partial charge in [-0.25, -0.2) is 4.79 Å². The molecular weight excluding hydrogens is 334 g/mol. The van der Waals surface area contributed by atoms with Gasteiger partial charge in [-0.15, -0.1) is 11.8 Å². The molecule has 0 aromatic heterocycles. The molecule has 5 heteroatoms. The lowest BCUT2D eigenvalue weighted by Crippen LogP contribution is -2.46. The van der Waals surface area contributed by atoms with E-state index in [-0.39, 0.29) is 23.2 Å². The van der Waals surface area contributed by atoms with Gasteiger partial charge in [0.1, 0.15) is 6.04 Å². The van der Waals surface area contributed by atoms with Crippen LogP contribution in [0.5, 0.6) is 0 Å². The van der Waals surface area contributed by atoms with Crippen molar-refractivity contribution in [1.82, 2.24) is 4.90 Å². The van der Waals surface area contributed by atoms with E-state index in [1.54, 1.807) is 16.7 Å². The number of amides is 1. The topological polar surface area (TPSA) is 46.6 Å². The van der Waals surface area contributed by atoms with Gasteiger partial charge in [0, 0.05) is 11.3 Å². The Morgan fingerprint density at radius 2 is 1.80 bits per heavy atom. The zero-order valence-electron chi connectivity index (χ0n) is 15.8. The quantitative estimate of drug-likeness (QED) is 0.713. The van der Waals surface area contributed by atoms with Gasteiger partial charge in [0.05, 0.1) is 12.0 Å². The van der Waals surface area contributed by atoms with Crippen LogP contribution in [0.1, 0.15) is 50.0 Å². The van der Waals surface area contributed by atoms with Gasteiger partial charge in [-0.2, -0.15) is 0 Å². The second-order valence-electron chi connectivity index (χ2n) is 7.54. The van der Waals surface area contributed by atoms with Crippen molar-refractivity contribution in [3.8, 4) is 0 Å².